The molecule has 0 radical (unpaired) electrons. The average molecular weight is 377 g/mol. The highest BCUT2D eigenvalue weighted by molar-refractivity contribution is 6.30. The van der Waals surface area contributed by atoms with E-state index in [1.165, 1.54) is 0 Å². The number of ether oxygens (including phenoxy) is 1. The van der Waals surface area contributed by atoms with Crippen LogP contribution in [-0.4, -0.2) is 48.8 Å². The number of hydrogen-bond acceptors (Lipinski definition) is 4. The molecular formula is C20H25ClN2O3. The molecular weight excluding hydrogens is 352 g/mol. The van der Waals surface area contributed by atoms with E-state index in [2.05, 4.69) is 11.4 Å². The van der Waals surface area contributed by atoms with E-state index in [1.54, 1.807) is 36.2 Å². The highest BCUT2D eigenvalue weighted by Crippen LogP contribution is 2.17. The van der Waals surface area contributed by atoms with E-state index in [0.717, 1.165) is 16.9 Å². The van der Waals surface area contributed by atoms with Crippen molar-refractivity contribution in [2.24, 2.45) is 0 Å². The number of amides is 1. The van der Waals surface area contributed by atoms with Gasteiger partial charge in [-0.2, -0.15) is 0 Å². The number of benzene rings is 2. The summed E-state index contributed by atoms with van der Waals surface area (Å²) in [5, 5.41) is 13.5. The molecule has 0 heterocycles. The Kier molecular flexibility index (Phi) is 7.45. The fraction of sp³-hybridized carbons (Fsp3) is 0.350. The van der Waals surface area contributed by atoms with Crippen LogP contribution in [0, 0.1) is 13.8 Å². The minimum Gasteiger partial charge on any atom is -0.491 e. The molecule has 2 aromatic rings. The summed E-state index contributed by atoms with van der Waals surface area (Å²) in [6.07, 6.45) is -0.695. The zero-order chi connectivity index (χ0) is 19.1. The van der Waals surface area contributed by atoms with Gasteiger partial charge in [0.2, 0.25) is 5.91 Å². The molecule has 5 nitrogen and oxygen atoms in total. The van der Waals surface area contributed by atoms with Crippen LogP contribution in [0.5, 0.6) is 5.75 Å². The lowest BCUT2D eigenvalue weighted by molar-refractivity contribution is -0.117. The summed E-state index contributed by atoms with van der Waals surface area (Å²) >= 11 is 5.90. The Morgan fingerprint density at radius 1 is 1.23 bits per heavy atom. The molecule has 0 saturated carbocycles. The van der Waals surface area contributed by atoms with Gasteiger partial charge >= 0.3 is 0 Å². The Labute approximate surface area is 159 Å². The summed E-state index contributed by atoms with van der Waals surface area (Å²) in [6, 6.07) is 12.9. The zero-order valence-corrected chi connectivity index (χ0v) is 16.1. The molecule has 2 N–H and O–H groups in total. The largest absolute Gasteiger partial charge is 0.491 e. The molecule has 0 aromatic heterocycles. The fourth-order valence-electron chi connectivity index (χ4n) is 2.70. The second kappa shape index (κ2) is 9.57. The van der Waals surface area contributed by atoms with Gasteiger partial charge in [0.15, 0.2) is 0 Å². The van der Waals surface area contributed by atoms with E-state index in [4.69, 9.17) is 16.3 Å². The maximum atomic E-state index is 12.1. The first-order valence-electron chi connectivity index (χ1n) is 8.45. The first kappa shape index (κ1) is 20.2. The lowest BCUT2D eigenvalue weighted by Crippen LogP contribution is -2.37. The monoisotopic (exact) mass is 376 g/mol. The normalized spacial score (nSPS) is 12.1. The molecule has 0 saturated heterocycles. The van der Waals surface area contributed by atoms with Gasteiger partial charge in [-0.15, -0.1) is 0 Å². The third kappa shape index (κ3) is 7.04. The van der Waals surface area contributed by atoms with Crippen molar-refractivity contribution in [3.05, 3.63) is 58.6 Å². The lowest BCUT2D eigenvalue weighted by atomic mass is 10.1. The third-order valence-electron chi connectivity index (χ3n) is 3.68. The number of aliphatic hydroxyl groups is 1. The Morgan fingerprint density at radius 3 is 2.58 bits per heavy atom. The SMILES string of the molecule is Cc1cc(C)cc(OC[C@H](O)CN(C)CC(=O)Nc2cccc(Cl)c2)c1. The van der Waals surface area contributed by atoms with Gasteiger partial charge in [-0.1, -0.05) is 23.7 Å². The highest BCUT2D eigenvalue weighted by Gasteiger charge is 2.13. The summed E-state index contributed by atoms with van der Waals surface area (Å²) in [6.45, 7) is 4.66. The van der Waals surface area contributed by atoms with Crippen molar-refractivity contribution < 1.29 is 14.6 Å². The second-order valence-electron chi connectivity index (χ2n) is 6.54. The van der Waals surface area contributed by atoms with Crippen molar-refractivity contribution >= 4 is 23.2 Å². The zero-order valence-electron chi connectivity index (χ0n) is 15.3. The van der Waals surface area contributed by atoms with Gasteiger partial charge in [-0.05, 0) is 62.4 Å². The second-order valence-corrected chi connectivity index (χ2v) is 6.98. The molecule has 26 heavy (non-hydrogen) atoms. The highest BCUT2D eigenvalue weighted by atomic mass is 35.5. The molecule has 0 aliphatic rings. The van der Waals surface area contributed by atoms with Gasteiger partial charge in [0.1, 0.15) is 18.5 Å². The molecule has 0 aliphatic carbocycles. The van der Waals surface area contributed by atoms with Crippen molar-refractivity contribution in [1.82, 2.24) is 4.90 Å². The summed E-state index contributed by atoms with van der Waals surface area (Å²) in [5.74, 6) is 0.570. The Morgan fingerprint density at radius 2 is 1.92 bits per heavy atom. The number of likely N-dealkylation sites (N-methyl/N-ethyl adjacent to an activating group) is 1. The van der Waals surface area contributed by atoms with Crippen LogP contribution >= 0.6 is 11.6 Å². The van der Waals surface area contributed by atoms with Gasteiger partial charge in [-0.25, -0.2) is 0 Å². The minimum absolute atomic E-state index is 0.160. The number of carbonyl (C=O) groups excluding carboxylic acids is 1. The van der Waals surface area contributed by atoms with Crippen LogP contribution in [0.1, 0.15) is 11.1 Å². The fourth-order valence-corrected chi connectivity index (χ4v) is 2.89. The first-order chi connectivity index (χ1) is 12.3. The molecule has 0 spiro atoms. The van der Waals surface area contributed by atoms with Crippen molar-refractivity contribution in [3.8, 4) is 5.75 Å². The molecule has 1 amide bonds. The molecule has 0 bridgehead atoms. The third-order valence-corrected chi connectivity index (χ3v) is 3.92. The molecule has 140 valence electrons. The number of nitrogens with zero attached hydrogens (tertiary/aromatic N) is 1. The van der Waals surface area contributed by atoms with Crippen molar-refractivity contribution in [1.29, 1.82) is 0 Å². The van der Waals surface area contributed by atoms with E-state index >= 15 is 0 Å². The number of aryl methyl sites for hydroxylation is 2. The predicted octanol–water partition coefficient (Wildman–Crippen LogP) is 3.27. The number of carbonyl (C=O) groups is 1. The van der Waals surface area contributed by atoms with Crippen LogP contribution in [0.2, 0.25) is 5.02 Å². The average Bonchev–Trinajstić information content (AvgIpc) is 2.51. The van der Waals surface area contributed by atoms with Gasteiger partial charge in [0.05, 0.1) is 6.54 Å². The van der Waals surface area contributed by atoms with E-state index < -0.39 is 6.10 Å². The number of aliphatic hydroxyl groups excluding tert-OH is 1. The van der Waals surface area contributed by atoms with Crippen LogP contribution in [0.15, 0.2) is 42.5 Å². The quantitative estimate of drug-likeness (QED) is 0.742. The number of hydrogen-bond donors (Lipinski definition) is 2. The molecule has 2 aromatic carbocycles. The number of anilines is 1. The Hall–Kier alpha value is -2.08. The minimum atomic E-state index is -0.695. The topological polar surface area (TPSA) is 61.8 Å². The van der Waals surface area contributed by atoms with Gasteiger partial charge in [0, 0.05) is 17.3 Å². The standard InChI is InChI=1S/C20H25ClN2O3/c1-14-7-15(2)9-19(8-14)26-13-18(24)11-23(3)12-20(25)22-17-6-4-5-16(21)10-17/h4-10,18,24H,11-13H2,1-3H3,(H,22,25)/t18-/m1/s1. The smallest absolute Gasteiger partial charge is 0.238 e. The van der Waals surface area contributed by atoms with Gasteiger partial charge < -0.3 is 15.2 Å². The molecule has 6 heteroatoms. The maximum Gasteiger partial charge on any atom is 0.238 e. The van der Waals surface area contributed by atoms with Gasteiger partial charge in [-0.3, -0.25) is 9.69 Å². The van der Waals surface area contributed by atoms with Crippen LogP contribution in [0.4, 0.5) is 5.69 Å². The Balaban J connectivity index is 1.75. The molecule has 0 aliphatic heterocycles. The van der Waals surface area contributed by atoms with E-state index in [9.17, 15) is 9.90 Å². The van der Waals surface area contributed by atoms with Crippen LogP contribution < -0.4 is 10.1 Å². The number of rotatable bonds is 8. The molecule has 0 unspecified atom stereocenters. The van der Waals surface area contributed by atoms with Crippen LogP contribution in [0.25, 0.3) is 0 Å². The summed E-state index contributed by atoms with van der Waals surface area (Å²) < 4.78 is 5.65. The molecule has 0 fully saturated rings. The van der Waals surface area contributed by atoms with Crippen LogP contribution in [-0.2, 0) is 4.79 Å². The molecule has 2 rings (SSSR count). The predicted molar refractivity (Wildman–Crippen MR) is 105 cm³/mol. The lowest BCUT2D eigenvalue weighted by Gasteiger charge is -2.20. The Bertz CT molecular complexity index is 731. The maximum absolute atomic E-state index is 12.1. The molecule has 1 atom stereocenters. The van der Waals surface area contributed by atoms with E-state index in [-0.39, 0.29) is 19.1 Å². The number of nitrogens with one attached hydrogen (secondary N) is 1. The first-order valence-corrected chi connectivity index (χ1v) is 8.83. The number of halogens is 1. The summed E-state index contributed by atoms with van der Waals surface area (Å²) in [7, 11) is 1.78. The van der Waals surface area contributed by atoms with E-state index in [1.807, 2.05) is 26.0 Å². The summed E-state index contributed by atoms with van der Waals surface area (Å²) in [4.78, 5) is 13.8. The van der Waals surface area contributed by atoms with E-state index in [0.29, 0.717) is 17.3 Å². The summed E-state index contributed by atoms with van der Waals surface area (Å²) in [5.41, 5.74) is 2.88. The van der Waals surface area contributed by atoms with Crippen molar-refractivity contribution in [2.75, 3.05) is 32.1 Å². The van der Waals surface area contributed by atoms with Crippen LogP contribution in [0.3, 0.4) is 0 Å². The van der Waals surface area contributed by atoms with Crippen molar-refractivity contribution in [2.45, 2.75) is 20.0 Å². The van der Waals surface area contributed by atoms with Crippen molar-refractivity contribution in [3.63, 3.8) is 0 Å². The van der Waals surface area contributed by atoms with Gasteiger partial charge in [0.25, 0.3) is 0 Å².